The molecule has 0 aliphatic rings. The van der Waals surface area contributed by atoms with Gasteiger partial charge in [0.05, 0.1) is 13.2 Å². The van der Waals surface area contributed by atoms with E-state index in [1.54, 1.807) is 18.4 Å². The van der Waals surface area contributed by atoms with Gasteiger partial charge in [-0.1, -0.05) is 12.1 Å². The number of rotatable bonds is 10. The van der Waals surface area contributed by atoms with Gasteiger partial charge in [0, 0.05) is 25.1 Å². The van der Waals surface area contributed by atoms with Crippen LogP contribution in [0, 0.1) is 0 Å². The van der Waals surface area contributed by atoms with Gasteiger partial charge in [0.25, 0.3) is 0 Å². The Kier molecular flexibility index (Phi) is 7.22. The Bertz CT molecular complexity index is 543. The fraction of sp³-hybridized carbons (Fsp3) is 0.412. The standard InChI is InChI=1S/C17H23NO3S/c1-3-20-17-11-14(12-18-8-9-19-2)6-7-16(17)21-13-15-5-4-10-22-15/h4-7,10-11,18H,3,8-9,12-13H2,1-2H3. The first-order chi connectivity index (χ1) is 10.8. The lowest BCUT2D eigenvalue weighted by atomic mass is 10.2. The summed E-state index contributed by atoms with van der Waals surface area (Å²) < 4.78 is 16.6. The van der Waals surface area contributed by atoms with Gasteiger partial charge >= 0.3 is 0 Å². The SMILES string of the molecule is CCOc1cc(CNCCOC)ccc1OCc1cccs1. The van der Waals surface area contributed by atoms with E-state index in [9.17, 15) is 0 Å². The normalized spacial score (nSPS) is 10.6. The second kappa shape index (κ2) is 9.46. The monoisotopic (exact) mass is 321 g/mol. The molecule has 1 N–H and O–H groups in total. The second-order valence-electron chi connectivity index (χ2n) is 4.75. The van der Waals surface area contributed by atoms with Gasteiger partial charge < -0.3 is 19.5 Å². The molecule has 0 aliphatic heterocycles. The lowest BCUT2D eigenvalue weighted by Gasteiger charge is -2.13. The fourth-order valence-electron chi connectivity index (χ4n) is 2.00. The van der Waals surface area contributed by atoms with Crippen LogP contribution in [0.15, 0.2) is 35.7 Å². The van der Waals surface area contributed by atoms with E-state index in [1.165, 1.54) is 10.4 Å². The van der Waals surface area contributed by atoms with Crippen LogP contribution in [0.3, 0.4) is 0 Å². The Morgan fingerprint density at radius 2 is 2.05 bits per heavy atom. The first-order valence-electron chi connectivity index (χ1n) is 7.44. The topological polar surface area (TPSA) is 39.7 Å². The van der Waals surface area contributed by atoms with Crippen molar-refractivity contribution in [1.29, 1.82) is 0 Å². The van der Waals surface area contributed by atoms with Crippen molar-refractivity contribution >= 4 is 11.3 Å². The van der Waals surface area contributed by atoms with Crippen molar-refractivity contribution in [2.75, 3.05) is 26.9 Å². The minimum Gasteiger partial charge on any atom is -0.490 e. The van der Waals surface area contributed by atoms with Crippen molar-refractivity contribution in [3.05, 3.63) is 46.2 Å². The van der Waals surface area contributed by atoms with Crippen LogP contribution >= 0.6 is 11.3 Å². The second-order valence-corrected chi connectivity index (χ2v) is 5.78. The van der Waals surface area contributed by atoms with Gasteiger partial charge in [-0.25, -0.2) is 0 Å². The van der Waals surface area contributed by atoms with Gasteiger partial charge in [-0.15, -0.1) is 11.3 Å². The molecule has 0 radical (unpaired) electrons. The zero-order valence-corrected chi connectivity index (χ0v) is 13.9. The molecular weight excluding hydrogens is 298 g/mol. The summed E-state index contributed by atoms with van der Waals surface area (Å²) >= 11 is 1.69. The molecule has 0 bridgehead atoms. The highest BCUT2D eigenvalue weighted by Gasteiger charge is 2.07. The van der Waals surface area contributed by atoms with Gasteiger partial charge in [-0.2, -0.15) is 0 Å². The molecule has 4 nitrogen and oxygen atoms in total. The van der Waals surface area contributed by atoms with Crippen molar-refractivity contribution in [3.8, 4) is 11.5 Å². The molecule has 0 unspecified atom stereocenters. The zero-order valence-electron chi connectivity index (χ0n) is 13.1. The van der Waals surface area contributed by atoms with Crippen LogP contribution in [0.4, 0.5) is 0 Å². The highest BCUT2D eigenvalue weighted by atomic mass is 32.1. The molecule has 0 aliphatic carbocycles. The summed E-state index contributed by atoms with van der Waals surface area (Å²) in [6.07, 6.45) is 0. The van der Waals surface area contributed by atoms with E-state index in [-0.39, 0.29) is 0 Å². The molecule has 0 atom stereocenters. The number of nitrogens with one attached hydrogen (secondary N) is 1. The van der Waals surface area contributed by atoms with Crippen LogP contribution in [-0.2, 0) is 17.9 Å². The predicted octanol–water partition coefficient (Wildman–Crippen LogP) is 3.46. The van der Waals surface area contributed by atoms with Crippen molar-refractivity contribution in [3.63, 3.8) is 0 Å². The predicted molar refractivity (Wildman–Crippen MR) is 89.8 cm³/mol. The van der Waals surface area contributed by atoms with Crippen LogP contribution in [-0.4, -0.2) is 26.9 Å². The summed E-state index contributed by atoms with van der Waals surface area (Å²) in [7, 11) is 1.70. The molecule has 0 spiro atoms. The summed E-state index contributed by atoms with van der Waals surface area (Å²) in [5.41, 5.74) is 1.17. The number of hydrogen-bond acceptors (Lipinski definition) is 5. The van der Waals surface area contributed by atoms with Gasteiger partial charge in [0.1, 0.15) is 6.61 Å². The summed E-state index contributed by atoms with van der Waals surface area (Å²) in [5, 5.41) is 5.38. The number of ether oxygens (including phenoxy) is 3. The van der Waals surface area contributed by atoms with E-state index >= 15 is 0 Å². The molecule has 2 rings (SSSR count). The number of benzene rings is 1. The van der Waals surface area contributed by atoms with E-state index in [2.05, 4.69) is 22.8 Å². The molecule has 120 valence electrons. The van der Waals surface area contributed by atoms with Crippen molar-refractivity contribution in [2.45, 2.75) is 20.1 Å². The molecule has 1 aromatic heterocycles. The van der Waals surface area contributed by atoms with E-state index < -0.39 is 0 Å². The lowest BCUT2D eigenvalue weighted by molar-refractivity contribution is 0.199. The average molecular weight is 321 g/mol. The summed E-state index contributed by atoms with van der Waals surface area (Å²) in [6.45, 7) is 5.50. The van der Waals surface area contributed by atoms with Gasteiger partial charge in [0.2, 0.25) is 0 Å². The van der Waals surface area contributed by atoms with E-state index in [0.29, 0.717) is 19.8 Å². The third-order valence-electron chi connectivity index (χ3n) is 3.07. The molecule has 1 aromatic carbocycles. The first-order valence-corrected chi connectivity index (χ1v) is 8.32. The molecule has 2 aromatic rings. The Balaban J connectivity index is 1.96. The number of methoxy groups -OCH3 is 1. The van der Waals surface area contributed by atoms with Crippen LogP contribution < -0.4 is 14.8 Å². The van der Waals surface area contributed by atoms with E-state index in [1.807, 2.05) is 25.1 Å². The van der Waals surface area contributed by atoms with Crippen LogP contribution in [0.1, 0.15) is 17.4 Å². The molecule has 5 heteroatoms. The largest absolute Gasteiger partial charge is 0.490 e. The third-order valence-corrected chi connectivity index (χ3v) is 3.92. The fourth-order valence-corrected chi connectivity index (χ4v) is 2.62. The Morgan fingerprint density at radius 3 is 2.77 bits per heavy atom. The van der Waals surface area contributed by atoms with Crippen molar-refractivity contribution in [2.24, 2.45) is 0 Å². The first kappa shape index (κ1) is 16.8. The summed E-state index contributed by atoms with van der Waals surface area (Å²) in [6, 6.07) is 10.2. The maximum Gasteiger partial charge on any atom is 0.161 e. The van der Waals surface area contributed by atoms with Gasteiger partial charge in [-0.05, 0) is 36.1 Å². The Hall–Kier alpha value is -1.56. The molecule has 0 amide bonds. The average Bonchev–Trinajstić information content (AvgIpc) is 3.04. The van der Waals surface area contributed by atoms with Gasteiger partial charge in [0.15, 0.2) is 11.5 Å². The minimum absolute atomic E-state index is 0.573. The minimum atomic E-state index is 0.573. The highest BCUT2D eigenvalue weighted by molar-refractivity contribution is 7.09. The lowest BCUT2D eigenvalue weighted by Crippen LogP contribution is -2.18. The number of thiophene rings is 1. The molecule has 22 heavy (non-hydrogen) atoms. The summed E-state index contributed by atoms with van der Waals surface area (Å²) in [4.78, 5) is 1.20. The van der Waals surface area contributed by atoms with Crippen LogP contribution in [0.5, 0.6) is 11.5 Å². The molecular formula is C17H23NO3S. The van der Waals surface area contributed by atoms with Crippen molar-refractivity contribution in [1.82, 2.24) is 5.32 Å². The van der Waals surface area contributed by atoms with Crippen LogP contribution in [0.2, 0.25) is 0 Å². The smallest absolute Gasteiger partial charge is 0.161 e. The highest BCUT2D eigenvalue weighted by Crippen LogP contribution is 2.29. The molecule has 0 saturated carbocycles. The van der Waals surface area contributed by atoms with Crippen LogP contribution in [0.25, 0.3) is 0 Å². The van der Waals surface area contributed by atoms with Crippen molar-refractivity contribution < 1.29 is 14.2 Å². The Labute approximate surface area is 136 Å². The quantitative estimate of drug-likeness (QED) is 0.680. The maximum absolute atomic E-state index is 5.88. The van der Waals surface area contributed by atoms with E-state index in [0.717, 1.165) is 24.6 Å². The number of hydrogen-bond donors (Lipinski definition) is 1. The Morgan fingerprint density at radius 1 is 1.14 bits per heavy atom. The zero-order chi connectivity index (χ0) is 15.6. The van der Waals surface area contributed by atoms with Gasteiger partial charge in [-0.3, -0.25) is 0 Å². The summed E-state index contributed by atoms with van der Waals surface area (Å²) in [5.74, 6) is 1.58. The molecule has 0 fully saturated rings. The molecule has 0 saturated heterocycles. The maximum atomic E-state index is 5.88. The van der Waals surface area contributed by atoms with E-state index in [4.69, 9.17) is 14.2 Å². The molecule has 1 heterocycles. The third kappa shape index (κ3) is 5.33.